The molecule has 4 amide bonds. The molecule has 1 aliphatic heterocycles. The summed E-state index contributed by atoms with van der Waals surface area (Å²) in [7, 11) is 0. The van der Waals surface area contributed by atoms with Gasteiger partial charge in [-0.1, -0.05) is 54.1 Å². The second kappa shape index (κ2) is 11.5. The molecule has 2 N–H and O–H groups in total. The molecule has 0 radical (unpaired) electrons. The zero-order valence-corrected chi connectivity index (χ0v) is 22.5. The Labute approximate surface area is 239 Å². The van der Waals surface area contributed by atoms with E-state index in [-0.39, 0.29) is 28.5 Å². The first-order valence-electron chi connectivity index (χ1n) is 12.6. The fourth-order valence-corrected chi connectivity index (χ4v) is 4.73. The third kappa shape index (κ3) is 5.61. The second-order valence-electron chi connectivity index (χ2n) is 9.00. The predicted molar refractivity (Wildman–Crippen MR) is 153 cm³/mol. The molecule has 0 bridgehead atoms. The Bertz CT molecular complexity index is 1730. The van der Waals surface area contributed by atoms with Crippen LogP contribution >= 0.6 is 11.6 Å². The summed E-state index contributed by atoms with van der Waals surface area (Å²) in [5.74, 6) is -2.31. The highest BCUT2D eigenvalue weighted by molar-refractivity contribution is 6.39. The highest BCUT2D eigenvalue weighted by atomic mass is 35.5. The predicted octanol–water partition coefficient (Wildman–Crippen LogP) is 5.84. The fourth-order valence-electron chi connectivity index (χ4n) is 4.45. The fraction of sp³-hybridized carbons (Fsp3) is 0.0968. The van der Waals surface area contributed by atoms with Crippen molar-refractivity contribution in [3.63, 3.8) is 0 Å². The summed E-state index contributed by atoms with van der Waals surface area (Å²) < 4.78 is 11.9. The van der Waals surface area contributed by atoms with E-state index in [4.69, 9.17) is 26.2 Å². The molecule has 0 aromatic heterocycles. The van der Waals surface area contributed by atoms with Gasteiger partial charge in [0.05, 0.1) is 22.9 Å². The normalized spacial score (nSPS) is 14.3. The molecule has 4 aromatic carbocycles. The van der Waals surface area contributed by atoms with Crippen molar-refractivity contribution in [2.24, 2.45) is 0 Å². The lowest BCUT2D eigenvalue weighted by molar-refractivity contribution is -0.122. The molecule has 1 fully saturated rings. The molecule has 1 aliphatic rings. The molecule has 1 heterocycles. The SMILES string of the molecule is CCOc1cc(/C=C2\C(=O)NC(=O)N(c3ccc(C(=O)O)cc3)C2=O)cc(Cl)c1OCc1cccc2ccccc12. The highest BCUT2D eigenvalue weighted by Gasteiger charge is 2.37. The summed E-state index contributed by atoms with van der Waals surface area (Å²) >= 11 is 6.60. The van der Waals surface area contributed by atoms with E-state index in [1.54, 1.807) is 13.0 Å². The van der Waals surface area contributed by atoms with E-state index in [0.29, 0.717) is 23.7 Å². The number of nitrogens with zero attached hydrogens (tertiary/aromatic N) is 1. The number of hydrogen-bond donors (Lipinski definition) is 2. The molecule has 0 saturated carbocycles. The maximum atomic E-state index is 13.3. The van der Waals surface area contributed by atoms with E-state index < -0.39 is 23.8 Å². The number of anilines is 1. The largest absolute Gasteiger partial charge is 0.490 e. The number of nitrogens with one attached hydrogen (secondary N) is 1. The Hall–Kier alpha value is -5.15. The number of fused-ring (bicyclic) bond motifs is 1. The van der Waals surface area contributed by atoms with Crippen molar-refractivity contribution in [2.75, 3.05) is 11.5 Å². The van der Waals surface area contributed by atoms with Gasteiger partial charge in [0.1, 0.15) is 12.2 Å². The molecule has 1 saturated heterocycles. The molecule has 5 rings (SSSR count). The minimum atomic E-state index is -1.16. The van der Waals surface area contributed by atoms with E-state index in [1.807, 2.05) is 42.5 Å². The van der Waals surface area contributed by atoms with Gasteiger partial charge < -0.3 is 14.6 Å². The summed E-state index contributed by atoms with van der Waals surface area (Å²) in [5.41, 5.74) is 1.07. The topological polar surface area (TPSA) is 122 Å². The van der Waals surface area contributed by atoms with Crippen molar-refractivity contribution in [1.82, 2.24) is 5.32 Å². The van der Waals surface area contributed by atoms with Crippen LogP contribution in [0.5, 0.6) is 11.5 Å². The summed E-state index contributed by atoms with van der Waals surface area (Å²) in [6, 6.07) is 21.1. The van der Waals surface area contributed by atoms with Crippen LogP contribution in [-0.2, 0) is 16.2 Å². The van der Waals surface area contributed by atoms with Crippen LogP contribution in [-0.4, -0.2) is 35.5 Å². The number of rotatable bonds is 8. The van der Waals surface area contributed by atoms with E-state index in [9.17, 15) is 19.2 Å². The molecule has 0 unspecified atom stereocenters. The maximum Gasteiger partial charge on any atom is 0.335 e. The minimum Gasteiger partial charge on any atom is -0.490 e. The smallest absolute Gasteiger partial charge is 0.335 e. The number of carboxylic acids is 1. The van der Waals surface area contributed by atoms with E-state index in [0.717, 1.165) is 21.2 Å². The first-order valence-corrected chi connectivity index (χ1v) is 12.9. The van der Waals surface area contributed by atoms with Gasteiger partial charge in [0, 0.05) is 0 Å². The molecule has 10 heteroatoms. The van der Waals surface area contributed by atoms with Gasteiger partial charge in [0.2, 0.25) is 0 Å². The summed E-state index contributed by atoms with van der Waals surface area (Å²) in [6.07, 6.45) is 1.30. The Morgan fingerprint density at radius 2 is 1.71 bits per heavy atom. The average Bonchev–Trinajstić information content (AvgIpc) is 2.95. The monoisotopic (exact) mass is 570 g/mol. The minimum absolute atomic E-state index is 0.0219. The Kier molecular flexibility index (Phi) is 7.71. The summed E-state index contributed by atoms with van der Waals surface area (Å²) in [4.78, 5) is 50.4. The van der Waals surface area contributed by atoms with Crippen molar-refractivity contribution in [1.29, 1.82) is 0 Å². The molecular weight excluding hydrogens is 548 g/mol. The van der Waals surface area contributed by atoms with E-state index in [2.05, 4.69) is 5.32 Å². The third-order valence-corrected chi connectivity index (χ3v) is 6.65. The quantitative estimate of drug-likeness (QED) is 0.202. The second-order valence-corrected chi connectivity index (χ2v) is 9.41. The lowest BCUT2D eigenvalue weighted by atomic mass is 10.1. The lowest BCUT2D eigenvalue weighted by Crippen LogP contribution is -2.54. The summed E-state index contributed by atoms with van der Waals surface area (Å²) in [5, 5.41) is 13.6. The number of urea groups is 1. The number of aromatic carboxylic acids is 1. The number of barbiturate groups is 1. The number of imide groups is 2. The van der Waals surface area contributed by atoms with E-state index >= 15 is 0 Å². The number of benzene rings is 4. The van der Waals surface area contributed by atoms with Crippen LogP contribution in [0.3, 0.4) is 0 Å². The first kappa shape index (κ1) is 27.4. The lowest BCUT2D eigenvalue weighted by Gasteiger charge is -2.26. The molecule has 4 aromatic rings. The van der Waals surface area contributed by atoms with Crippen LogP contribution in [0.2, 0.25) is 5.02 Å². The molecule has 41 heavy (non-hydrogen) atoms. The van der Waals surface area contributed by atoms with Crippen molar-refractivity contribution in [3.05, 3.63) is 106 Å². The van der Waals surface area contributed by atoms with Crippen LogP contribution in [0.25, 0.3) is 16.8 Å². The van der Waals surface area contributed by atoms with Gasteiger partial charge in [-0.15, -0.1) is 0 Å². The standard InChI is InChI=1S/C31H23ClN2O7/c1-2-40-26-16-18(15-25(32)27(26)41-17-21-8-5-7-19-6-3-4-9-23(19)21)14-24-28(35)33-31(39)34(29(24)36)22-12-10-20(11-13-22)30(37)38/h3-16H,2,17H2,1H3,(H,37,38)(H,33,35,39)/b24-14+. The van der Waals surface area contributed by atoms with Gasteiger partial charge in [-0.05, 0) is 71.3 Å². The molecule has 0 spiro atoms. The maximum absolute atomic E-state index is 13.3. The van der Waals surface area contributed by atoms with Crippen LogP contribution in [0.15, 0.2) is 84.4 Å². The van der Waals surface area contributed by atoms with Crippen molar-refractivity contribution in [3.8, 4) is 11.5 Å². The number of carbonyl (C=O) groups excluding carboxylic acids is 3. The number of carbonyl (C=O) groups is 4. The Balaban J connectivity index is 1.45. The Morgan fingerprint density at radius 1 is 0.976 bits per heavy atom. The number of carboxylic acid groups (broad SMARTS) is 1. The van der Waals surface area contributed by atoms with Gasteiger partial charge in [-0.2, -0.15) is 0 Å². The van der Waals surface area contributed by atoms with Gasteiger partial charge in [-0.3, -0.25) is 14.9 Å². The molecule has 206 valence electrons. The van der Waals surface area contributed by atoms with Gasteiger partial charge in [-0.25, -0.2) is 14.5 Å². The Morgan fingerprint density at radius 3 is 2.44 bits per heavy atom. The van der Waals surface area contributed by atoms with Gasteiger partial charge >= 0.3 is 12.0 Å². The zero-order valence-electron chi connectivity index (χ0n) is 21.7. The molecule has 9 nitrogen and oxygen atoms in total. The van der Waals surface area contributed by atoms with Crippen molar-refractivity contribution in [2.45, 2.75) is 13.5 Å². The number of ether oxygens (including phenoxy) is 2. The molecule has 0 atom stereocenters. The number of halogens is 1. The van der Waals surface area contributed by atoms with Crippen LogP contribution in [0.4, 0.5) is 10.5 Å². The molecule has 0 aliphatic carbocycles. The first-order chi connectivity index (χ1) is 19.8. The number of hydrogen-bond acceptors (Lipinski definition) is 6. The average molecular weight is 571 g/mol. The van der Waals surface area contributed by atoms with Crippen molar-refractivity contribution >= 4 is 58.0 Å². The number of amides is 4. The van der Waals surface area contributed by atoms with Crippen LogP contribution in [0, 0.1) is 0 Å². The van der Waals surface area contributed by atoms with Crippen LogP contribution in [0.1, 0.15) is 28.4 Å². The zero-order chi connectivity index (χ0) is 29.1. The summed E-state index contributed by atoms with van der Waals surface area (Å²) in [6.45, 7) is 2.32. The van der Waals surface area contributed by atoms with Crippen molar-refractivity contribution < 1.29 is 33.8 Å². The van der Waals surface area contributed by atoms with Crippen LogP contribution < -0.4 is 19.7 Å². The van der Waals surface area contributed by atoms with E-state index in [1.165, 1.54) is 36.4 Å². The third-order valence-electron chi connectivity index (χ3n) is 6.37. The van der Waals surface area contributed by atoms with Gasteiger partial charge in [0.25, 0.3) is 11.8 Å². The van der Waals surface area contributed by atoms with Gasteiger partial charge in [0.15, 0.2) is 11.5 Å². The highest BCUT2D eigenvalue weighted by Crippen LogP contribution is 2.38. The molecular formula is C31H23ClN2O7.